The number of allylic oxidation sites excluding steroid dienone is 2. The molecular weight excluding hydrogens is 667 g/mol. The molecule has 0 fully saturated rings. The van der Waals surface area contributed by atoms with Crippen molar-refractivity contribution in [3.63, 3.8) is 0 Å². The van der Waals surface area contributed by atoms with Crippen LogP contribution in [0, 0.1) is 0 Å². The summed E-state index contributed by atoms with van der Waals surface area (Å²) in [6.45, 7) is 4.26. The number of hydrogen-bond donors (Lipinski definition) is 4. The Morgan fingerprint density at radius 2 is 0.704 bits per heavy atom. The lowest BCUT2D eigenvalue weighted by molar-refractivity contribution is -0.131. The number of aliphatic hydroxyl groups excluding tert-OH is 3. The number of amides is 1. The maximum Gasteiger partial charge on any atom is 0.249 e. The van der Waals surface area contributed by atoms with E-state index in [9.17, 15) is 20.1 Å². The van der Waals surface area contributed by atoms with Crippen molar-refractivity contribution in [3.05, 3.63) is 12.2 Å². The van der Waals surface area contributed by atoms with Gasteiger partial charge in [0.05, 0.1) is 18.8 Å². The quantitative estimate of drug-likeness (QED) is 0.0367. The fraction of sp³-hybridized carbons (Fsp3) is 0.939. The third-order valence-electron chi connectivity index (χ3n) is 11.6. The second-order valence-electron chi connectivity index (χ2n) is 17.0. The normalized spacial score (nSPS) is 13.5. The molecule has 3 atom stereocenters. The van der Waals surface area contributed by atoms with Crippen molar-refractivity contribution in [2.45, 2.75) is 289 Å². The molecule has 0 aromatic rings. The van der Waals surface area contributed by atoms with Crippen LogP contribution in [0.2, 0.25) is 0 Å². The lowest BCUT2D eigenvalue weighted by Gasteiger charge is -2.23. The first-order valence-corrected chi connectivity index (χ1v) is 24.5. The first-order chi connectivity index (χ1) is 26.6. The van der Waals surface area contributed by atoms with Gasteiger partial charge in [-0.3, -0.25) is 4.79 Å². The van der Waals surface area contributed by atoms with Gasteiger partial charge in [-0.1, -0.05) is 244 Å². The third kappa shape index (κ3) is 39.3. The minimum atomic E-state index is -1.08. The molecule has 0 rings (SSSR count). The van der Waals surface area contributed by atoms with E-state index in [2.05, 4.69) is 31.3 Å². The van der Waals surface area contributed by atoms with Crippen LogP contribution in [0.3, 0.4) is 0 Å². The number of unbranched alkanes of at least 4 members (excludes halogenated alkanes) is 35. The second-order valence-corrected chi connectivity index (χ2v) is 17.0. The minimum absolute atomic E-state index is 0.312. The first kappa shape index (κ1) is 53.1. The summed E-state index contributed by atoms with van der Waals surface area (Å²) in [5.41, 5.74) is 0. The van der Waals surface area contributed by atoms with Gasteiger partial charge in [0.2, 0.25) is 5.91 Å². The van der Waals surface area contributed by atoms with E-state index in [1.165, 1.54) is 212 Å². The van der Waals surface area contributed by atoms with Gasteiger partial charge in [-0.15, -0.1) is 0 Å². The highest BCUT2D eigenvalue weighted by atomic mass is 16.3. The topological polar surface area (TPSA) is 89.8 Å². The van der Waals surface area contributed by atoms with E-state index in [1.54, 1.807) is 0 Å². The number of carbonyl (C=O) groups is 1. The predicted octanol–water partition coefficient (Wildman–Crippen LogP) is 14.4. The Morgan fingerprint density at radius 1 is 0.426 bits per heavy atom. The maximum atomic E-state index is 12.5. The van der Waals surface area contributed by atoms with E-state index in [-0.39, 0.29) is 6.61 Å². The van der Waals surface area contributed by atoms with Crippen LogP contribution in [0.15, 0.2) is 12.2 Å². The molecule has 0 aromatic carbocycles. The molecule has 0 saturated heterocycles. The van der Waals surface area contributed by atoms with Gasteiger partial charge >= 0.3 is 0 Å². The summed E-state index contributed by atoms with van der Waals surface area (Å²) in [5, 5.41) is 33.4. The summed E-state index contributed by atoms with van der Waals surface area (Å²) in [6, 6.07) is -0.711. The van der Waals surface area contributed by atoms with E-state index >= 15 is 0 Å². The molecular formula is C49H97NO4. The zero-order valence-corrected chi connectivity index (χ0v) is 36.6. The van der Waals surface area contributed by atoms with E-state index in [0.717, 1.165) is 32.1 Å². The molecule has 5 heteroatoms. The lowest BCUT2D eigenvalue weighted by Crippen LogP contribution is -2.49. The van der Waals surface area contributed by atoms with Crippen LogP contribution in [0.25, 0.3) is 0 Å². The van der Waals surface area contributed by atoms with Crippen LogP contribution in [0.1, 0.15) is 271 Å². The van der Waals surface area contributed by atoms with Crippen molar-refractivity contribution in [2.75, 3.05) is 6.61 Å². The van der Waals surface area contributed by atoms with Gasteiger partial charge in [0.15, 0.2) is 0 Å². The van der Waals surface area contributed by atoms with E-state index < -0.39 is 24.2 Å². The molecule has 0 spiro atoms. The second kappa shape index (κ2) is 44.8. The molecule has 322 valence electrons. The highest BCUT2D eigenvalue weighted by molar-refractivity contribution is 5.80. The first-order valence-electron chi connectivity index (χ1n) is 24.5. The van der Waals surface area contributed by atoms with Crippen LogP contribution in [-0.4, -0.2) is 46.1 Å². The number of aliphatic hydroxyl groups is 3. The molecule has 5 nitrogen and oxygen atoms in total. The molecule has 0 aromatic heterocycles. The summed E-state index contributed by atoms with van der Waals surface area (Å²) >= 11 is 0. The zero-order chi connectivity index (χ0) is 39.4. The number of carbonyl (C=O) groups excluding carboxylic acids is 1. The van der Waals surface area contributed by atoms with Crippen molar-refractivity contribution in [2.24, 2.45) is 0 Å². The average Bonchev–Trinajstić information content (AvgIpc) is 3.18. The van der Waals surface area contributed by atoms with Gasteiger partial charge in [0.1, 0.15) is 6.10 Å². The number of rotatable bonds is 45. The summed E-state index contributed by atoms with van der Waals surface area (Å²) in [6.07, 6.45) is 53.7. The van der Waals surface area contributed by atoms with Gasteiger partial charge in [0.25, 0.3) is 0 Å². The van der Waals surface area contributed by atoms with Crippen molar-refractivity contribution in [3.8, 4) is 0 Å². The number of hydrogen-bond acceptors (Lipinski definition) is 4. The summed E-state index contributed by atoms with van der Waals surface area (Å²) in [4.78, 5) is 12.5. The van der Waals surface area contributed by atoms with Crippen molar-refractivity contribution >= 4 is 5.91 Å². The van der Waals surface area contributed by atoms with Crippen LogP contribution < -0.4 is 5.32 Å². The van der Waals surface area contributed by atoms with E-state index in [4.69, 9.17) is 0 Å². The fourth-order valence-corrected chi connectivity index (χ4v) is 7.78. The number of nitrogens with one attached hydrogen (secondary N) is 1. The van der Waals surface area contributed by atoms with Crippen molar-refractivity contribution in [1.29, 1.82) is 0 Å². The molecule has 4 N–H and O–H groups in total. The van der Waals surface area contributed by atoms with Gasteiger partial charge in [-0.05, 0) is 38.5 Å². The zero-order valence-electron chi connectivity index (χ0n) is 36.6. The summed E-state index contributed by atoms with van der Waals surface area (Å²) in [7, 11) is 0. The highest BCUT2D eigenvalue weighted by Gasteiger charge is 2.23. The van der Waals surface area contributed by atoms with E-state index in [1.807, 2.05) is 0 Å². The molecule has 0 saturated carbocycles. The van der Waals surface area contributed by atoms with Gasteiger partial charge in [-0.2, -0.15) is 0 Å². The molecule has 0 bridgehead atoms. The van der Waals surface area contributed by atoms with Crippen LogP contribution in [-0.2, 0) is 4.79 Å². The molecule has 54 heavy (non-hydrogen) atoms. The largest absolute Gasteiger partial charge is 0.394 e. The fourth-order valence-electron chi connectivity index (χ4n) is 7.78. The Balaban J connectivity index is 3.57. The smallest absolute Gasteiger partial charge is 0.249 e. The standard InChI is InChI=1S/C49H97NO4/c1-3-5-7-9-11-13-15-17-19-21-22-23-24-25-26-28-30-32-34-36-38-40-42-44-48(53)49(54)50-46(45-51)47(52)43-41-39-37-35-33-31-29-27-20-18-16-14-12-10-8-6-4-2/h25-26,46-48,51-53H,3-24,27-45H2,1-2H3,(H,50,54)/b26-25-. The summed E-state index contributed by atoms with van der Waals surface area (Å²) in [5.74, 6) is -0.470. The SMILES string of the molecule is CCCCCCCCCCCCCC/C=C\CCCCCCCCCC(O)C(=O)NC(CO)C(O)CCCCCCCCCCCCCCCCCCC. The van der Waals surface area contributed by atoms with Gasteiger partial charge in [-0.25, -0.2) is 0 Å². The van der Waals surface area contributed by atoms with Gasteiger partial charge < -0.3 is 20.6 Å². The molecule has 1 amide bonds. The molecule has 3 unspecified atom stereocenters. The Labute approximate surface area is 338 Å². The van der Waals surface area contributed by atoms with Crippen molar-refractivity contribution in [1.82, 2.24) is 5.32 Å². The van der Waals surface area contributed by atoms with Gasteiger partial charge in [0, 0.05) is 0 Å². The summed E-state index contributed by atoms with van der Waals surface area (Å²) < 4.78 is 0. The van der Waals surface area contributed by atoms with Crippen LogP contribution >= 0.6 is 0 Å². The van der Waals surface area contributed by atoms with Crippen LogP contribution in [0.5, 0.6) is 0 Å². The maximum absolute atomic E-state index is 12.5. The average molecular weight is 764 g/mol. The van der Waals surface area contributed by atoms with Crippen molar-refractivity contribution < 1.29 is 20.1 Å². The van der Waals surface area contributed by atoms with Crippen LogP contribution in [0.4, 0.5) is 0 Å². The minimum Gasteiger partial charge on any atom is -0.394 e. The molecule has 0 radical (unpaired) electrons. The lowest BCUT2D eigenvalue weighted by atomic mass is 10.0. The molecule has 0 aliphatic carbocycles. The molecule has 0 aliphatic heterocycles. The third-order valence-corrected chi connectivity index (χ3v) is 11.6. The Morgan fingerprint density at radius 3 is 1.02 bits per heavy atom. The highest BCUT2D eigenvalue weighted by Crippen LogP contribution is 2.17. The Kier molecular flexibility index (Phi) is 44.0. The monoisotopic (exact) mass is 764 g/mol. The van der Waals surface area contributed by atoms with E-state index in [0.29, 0.717) is 12.8 Å². The predicted molar refractivity (Wildman–Crippen MR) is 236 cm³/mol. The Bertz CT molecular complexity index is 758. The molecule has 0 aliphatic rings. The Hall–Kier alpha value is -0.910. The molecule has 0 heterocycles.